The van der Waals surface area contributed by atoms with Crippen LogP contribution in [0.4, 0.5) is 0 Å². The van der Waals surface area contributed by atoms with E-state index in [1.165, 1.54) is 0 Å². The minimum atomic E-state index is 0.212. The minimum absolute atomic E-state index is 0.212. The first-order valence-corrected chi connectivity index (χ1v) is 4.50. The van der Waals surface area contributed by atoms with Gasteiger partial charge in [0.1, 0.15) is 5.78 Å². The molecule has 0 N–H and O–H groups in total. The third-order valence-electron chi connectivity index (χ3n) is 2.19. The third kappa shape index (κ3) is 4.18. The topological polar surface area (TPSA) is 17.1 Å². The van der Waals surface area contributed by atoms with E-state index in [9.17, 15) is 4.79 Å². The van der Waals surface area contributed by atoms with Crippen molar-refractivity contribution in [1.29, 1.82) is 0 Å². The number of carbonyl (C=O) groups is 1. The predicted octanol–water partition coefficient (Wildman–Crippen LogP) is 2.85. The highest BCUT2D eigenvalue weighted by molar-refractivity contribution is 5.88. The Balaban J connectivity index is 3.68. The number of Topliss-reactive ketones (excluding diaryl/α,β-unsaturated/α-hetero) is 1. The molecular formula is C10H19O. The van der Waals surface area contributed by atoms with Crippen molar-refractivity contribution in [2.45, 2.75) is 40.5 Å². The summed E-state index contributed by atoms with van der Waals surface area (Å²) in [6, 6.07) is 0. The van der Waals surface area contributed by atoms with E-state index in [1.54, 1.807) is 0 Å². The van der Waals surface area contributed by atoms with Gasteiger partial charge in [-0.2, -0.15) is 0 Å². The summed E-state index contributed by atoms with van der Waals surface area (Å²) in [5, 5.41) is 0. The minimum Gasteiger partial charge on any atom is -0.299 e. The molecule has 1 nitrogen and oxygen atoms in total. The van der Waals surface area contributed by atoms with Crippen molar-refractivity contribution >= 4 is 5.78 Å². The molecule has 0 heterocycles. The van der Waals surface area contributed by atoms with Crippen LogP contribution in [0, 0.1) is 18.3 Å². The maximum absolute atomic E-state index is 11.3. The Morgan fingerprint density at radius 2 is 1.82 bits per heavy atom. The molecule has 11 heavy (non-hydrogen) atoms. The van der Waals surface area contributed by atoms with Crippen molar-refractivity contribution in [1.82, 2.24) is 0 Å². The van der Waals surface area contributed by atoms with Crippen molar-refractivity contribution < 1.29 is 4.79 Å². The number of carbonyl (C=O) groups excluding carboxylic acids is 1. The smallest absolute Gasteiger partial charge is 0.139 e. The SMILES string of the molecule is CCC(C)[CH]C(=O)C(C)CC. The summed E-state index contributed by atoms with van der Waals surface area (Å²) in [5.41, 5.74) is 0. The fourth-order valence-electron chi connectivity index (χ4n) is 0.764. The number of ketones is 1. The highest BCUT2D eigenvalue weighted by Crippen LogP contribution is 2.12. The zero-order chi connectivity index (χ0) is 8.85. The molecule has 0 rings (SSSR count). The molecule has 0 bridgehead atoms. The van der Waals surface area contributed by atoms with E-state index >= 15 is 0 Å². The van der Waals surface area contributed by atoms with E-state index in [0.717, 1.165) is 12.8 Å². The van der Waals surface area contributed by atoms with Gasteiger partial charge in [-0.3, -0.25) is 4.79 Å². The first-order chi connectivity index (χ1) is 5.11. The highest BCUT2D eigenvalue weighted by Gasteiger charge is 2.13. The molecule has 0 saturated carbocycles. The normalized spacial score (nSPS) is 16.0. The Labute approximate surface area is 70.2 Å². The molecule has 0 aliphatic carbocycles. The molecule has 0 spiro atoms. The first-order valence-electron chi connectivity index (χ1n) is 4.50. The van der Waals surface area contributed by atoms with E-state index < -0.39 is 0 Å². The van der Waals surface area contributed by atoms with Crippen LogP contribution in [0.1, 0.15) is 40.5 Å². The van der Waals surface area contributed by atoms with Gasteiger partial charge < -0.3 is 0 Å². The van der Waals surface area contributed by atoms with Crippen LogP contribution in [0.25, 0.3) is 0 Å². The lowest BCUT2D eigenvalue weighted by molar-refractivity contribution is -0.119. The van der Waals surface area contributed by atoms with Gasteiger partial charge in [-0.25, -0.2) is 0 Å². The molecule has 0 saturated heterocycles. The maximum Gasteiger partial charge on any atom is 0.139 e. The zero-order valence-corrected chi connectivity index (χ0v) is 8.05. The van der Waals surface area contributed by atoms with Gasteiger partial charge in [0.15, 0.2) is 0 Å². The summed E-state index contributed by atoms with van der Waals surface area (Å²) >= 11 is 0. The van der Waals surface area contributed by atoms with Gasteiger partial charge in [-0.1, -0.05) is 34.1 Å². The molecule has 1 heteroatoms. The molecule has 0 aromatic carbocycles. The van der Waals surface area contributed by atoms with Crippen LogP contribution in [0.15, 0.2) is 0 Å². The zero-order valence-electron chi connectivity index (χ0n) is 8.05. The molecule has 65 valence electrons. The Morgan fingerprint density at radius 3 is 2.18 bits per heavy atom. The Bertz CT molecular complexity index is 118. The van der Waals surface area contributed by atoms with Crippen molar-refractivity contribution in [3.8, 4) is 0 Å². The van der Waals surface area contributed by atoms with E-state index in [0.29, 0.717) is 11.7 Å². The van der Waals surface area contributed by atoms with E-state index in [1.807, 2.05) is 20.3 Å². The standard InChI is InChI=1S/C10H19O/c1-5-8(3)7-10(11)9(4)6-2/h7-9H,5-6H2,1-4H3. The molecular weight excluding hydrogens is 136 g/mol. The highest BCUT2D eigenvalue weighted by atomic mass is 16.1. The fraction of sp³-hybridized carbons (Fsp3) is 0.800. The van der Waals surface area contributed by atoms with Crippen LogP contribution in [0.2, 0.25) is 0 Å². The molecule has 1 radical (unpaired) electrons. The Kier molecular flexibility index (Phi) is 5.18. The van der Waals surface area contributed by atoms with Crippen LogP contribution in [0.3, 0.4) is 0 Å². The molecule has 0 aromatic rings. The van der Waals surface area contributed by atoms with Gasteiger partial charge >= 0.3 is 0 Å². The second kappa shape index (κ2) is 5.34. The van der Waals surface area contributed by atoms with Crippen LogP contribution < -0.4 is 0 Å². The average Bonchev–Trinajstić information content (AvgIpc) is 2.02. The number of hydrogen-bond acceptors (Lipinski definition) is 1. The van der Waals surface area contributed by atoms with Crippen LogP contribution >= 0.6 is 0 Å². The first kappa shape index (κ1) is 10.7. The van der Waals surface area contributed by atoms with Gasteiger partial charge in [0, 0.05) is 12.3 Å². The maximum atomic E-state index is 11.3. The van der Waals surface area contributed by atoms with E-state index in [-0.39, 0.29) is 5.92 Å². The molecule has 2 atom stereocenters. The van der Waals surface area contributed by atoms with Gasteiger partial charge in [0.05, 0.1) is 0 Å². The largest absolute Gasteiger partial charge is 0.299 e. The second-order valence-corrected chi connectivity index (χ2v) is 3.26. The summed E-state index contributed by atoms with van der Waals surface area (Å²) in [4.78, 5) is 11.3. The summed E-state index contributed by atoms with van der Waals surface area (Å²) in [6.45, 7) is 8.22. The Morgan fingerprint density at radius 1 is 1.27 bits per heavy atom. The molecule has 0 aliphatic heterocycles. The van der Waals surface area contributed by atoms with Gasteiger partial charge in [0.25, 0.3) is 0 Å². The predicted molar refractivity (Wildman–Crippen MR) is 48.2 cm³/mol. The van der Waals surface area contributed by atoms with Gasteiger partial charge in [0.2, 0.25) is 0 Å². The quantitative estimate of drug-likeness (QED) is 0.596. The lowest BCUT2D eigenvalue weighted by atomic mass is 9.94. The van der Waals surface area contributed by atoms with Crippen LogP contribution in [-0.2, 0) is 4.79 Å². The molecule has 0 aromatic heterocycles. The summed E-state index contributed by atoms with van der Waals surface area (Å²) in [5.74, 6) is 0.961. The second-order valence-electron chi connectivity index (χ2n) is 3.26. The summed E-state index contributed by atoms with van der Waals surface area (Å²) in [6.07, 6.45) is 3.86. The van der Waals surface area contributed by atoms with Crippen molar-refractivity contribution in [2.75, 3.05) is 0 Å². The van der Waals surface area contributed by atoms with E-state index in [4.69, 9.17) is 0 Å². The molecule has 0 aliphatic rings. The number of hydrogen-bond donors (Lipinski definition) is 0. The summed E-state index contributed by atoms with van der Waals surface area (Å²) < 4.78 is 0. The molecule has 2 unspecified atom stereocenters. The van der Waals surface area contributed by atoms with Crippen molar-refractivity contribution in [3.63, 3.8) is 0 Å². The Hall–Kier alpha value is -0.330. The monoisotopic (exact) mass is 155 g/mol. The van der Waals surface area contributed by atoms with Crippen LogP contribution in [-0.4, -0.2) is 5.78 Å². The fourth-order valence-corrected chi connectivity index (χ4v) is 0.764. The lowest BCUT2D eigenvalue weighted by Gasteiger charge is -2.10. The lowest BCUT2D eigenvalue weighted by Crippen LogP contribution is -2.14. The van der Waals surface area contributed by atoms with Crippen LogP contribution in [0.5, 0.6) is 0 Å². The summed E-state index contributed by atoms with van der Waals surface area (Å²) in [7, 11) is 0. The van der Waals surface area contributed by atoms with Crippen molar-refractivity contribution in [2.24, 2.45) is 11.8 Å². The van der Waals surface area contributed by atoms with Gasteiger partial charge in [-0.05, 0) is 12.3 Å². The number of rotatable bonds is 5. The molecule has 0 amide bonds. The van der Waals surface area contributed by atoms with Crippen molar-refractivity contribution in [3.05, 3.63) is 6.42 Å². The van der Waals surface area contributed by atoms with E-state index in [2.05, 4.69) is 13.8 Å². The average molecular weight is 155 g/mol. The third-order valence-corrected chi connectivity index (χ3v) is 2.19. The molecule has 0 fully saturated rings. The van der Waals surface area contributed by atoms with Gasteiger partial charge in [-0.15, -0.1) is 0 Å².